The number of rotatable bonds is 2. The smallest absolute Gasteiger partial charge is 0.196 e. The van der Waals surface area contributed by atoms with Crippen LogP contribution in [0.15, 0.2) is 48.8 Å². The van der Waals surface area contributed by atoms with Gasteiger partial charge in [-0.15, -0.1) is 0 Å². The van der Waals surface area contributed by atoms with Crippen molar-refractivity contribution in [2.24, 2.45) is 0 Å². The number of fused-ring (bicyclic) bond motifs is 6. The van der Waals surface area contributed by atoms with Crippen molar-refractivity contribution in [3.8, 4) is 0 Å². The lowest BCUT2D eigenvalue weighted by Crippen LogP contribution is -2.07. The molecule has 3 heteroatoms. The maximum absolute atomic E-state index is 13.2. The Morgan fingerprint density at radius 1 is 0.633 bits per heavy atom. The Kier molecular flexibility index (Phi) is 4.15. The molecule has 0 unspecified atom stereocenters. The third-order valence-corrected chi connectivity index (χ3v) is 6.88. The van der Waals surface area contributed by atoms with Crippen molar-refractivity contribution < 1.29 is 4.79 Å². The molecule has 0 fully saturated rings. The molecule has 2 aromatic carbocycles. The third kappa shape index (κ3) is 2.84. The van der Waals surface area contributed by atoms with Crippen LogP contribution in [0, 0.1) is 0 Å². The van der Waals surface area contributed by atoms with E-state index in [9.17, 15) is 4.79 Å². The predicted octanol–water partition coefficient (Wildman–Crippen LogP) is 5.77. The molecule has 2 aliphatic carbocycles. The van der Waals surface area contributed by atoms with E-state index in [1.165, 1.54) is 47.9 Å². The molecular weight excluding hydrogens is 368 g/mol. The molecule has 6 rings (SSSR count). The summed E-state index contributed by atoms with van der Waals surface area (Å²) in [5, 5.41) is 2.12. The monoisotopic (exact) mass is 392 g/mol. The highest BCUT2D eigenvalue weighted by Gasteiger charge is 2.18. The average molecular weight is 393 g/mol. The molecule has 2 aromatic heterocycles. The fraction of sp³-hybridized carbons (Fsp3) is 0.296. The maximum atomic E-state index is 13.2. The van der Waals surface area contributed by atoms with Gasteiger partial charge in [0.2, 0.25) is 0 Å². The highest BCUT2D eigenvalue weighted by molar-refractivity contribution is 6.11. The molecule has 30 heavy (non-hydrogen) atoms. The largest absolute Gasteiger partial charge is 0.288 e. The fourth-order valence-electron chi connectivity index (χ4n) is 5.28. The number of hydrogen-bond acceptors (Lipinski definition) is 3. The molecule has 0 bridgehead atoms. The van der Waals surface area contributed by atoms with Gasteiger partial charge in [-0.1, -0.05) is 24.3 Å². The van der Waals surface area contributed by atoms with E-state index in [1.807, 2.05) is 12.1 Å². The van der Waals surface area contributed by atoms with Crippen LogP contribution in [0.4, 0.5) is 0 Å². The number of aromatic nitrogens is 2. The zero-order valence-corrected chi connectivity index (χ0v) is 17.1. The van der Waals surface area contributed by atoms with Crippen LogP contribution < -0.4 is 0 Å². The summed E-state index contributed by atoms with van der Waals surface area (Å²) in [5.74, 6) is -0.00533. The zero-order valence-electron chi connectivity index (χ0n) is 17.1. The first-order chi connectivity index (χ1) is 14.8. The van der Waals surface area contributed by atoms with Crippen molar-refractivity contribution in [3.05, 3.63) is 82.2 Å². The molecule has 0 saturated carbocycles. The highest BCUT2D eigenvalue weighted by Crippen LogP contribution is 2.30. The van der Waals surface area contributed by atoms with Crippen molar-refractivity contribution in [3.63, 3.8) is 0 Å². The van der Waals surface area contributed by atoms with E-state index in [2.05, 4.69) is 24.3 Å². The van der Waals surface area contributed by atoms with Crippen molar-refractivity contribution in [2.75, 3.05) is 0 Å². The number of ketones is 1. The number of hydrogen-bond donors (Lipinski definition) is 0. The lowest BCUT2D eigenvalue weighted by Gasteiger charge is -2.18. The van der Waals surface area contributed by atoms with Gasteiger partial charge in [-0.3, -0.25) is 14.8 Å². The quantitative estimate of drug-likeness (QED) is 0.407. The van der Waals surface area contributed by atoms with Gasteiger partial charge in [-0.05, 0) is 85.8 Å². The Balaban J connectivity index is 1.40. The second-order valence-electron chi connectivity index (χ2n) is 8.74. The van der Waals surface area contributed by atoms with Crippen molar-refractivity contribution >= 4 is 27.6 Å². The van der Waals surface area contributed by atoms with Crippen LogP contribution in [-0.4, -0.2) is 15.8 Å². The first-order valence-corrected chi connectivity index (χ1v) is 11.1. The summed E-state index contributed by atoms with van der Waals surface area (Å²) >= 11 is 0. The molecule has 0 radical (unpaired) electrons. The first kappa shape index (κ1) is 17.8. The first-order valence-electron chi connectivity index (χ1n) is 11.1. The lowest BCUT2D eigenvalue weighted by atomic mass is 9.89. The van der Waals surface area contributed by atoms with Crippen molar-refractivity contribution in [1.82, 2.24) is 9.97 Å². The van der Waals surface area contributed by atoms with E-state index in [0.717, 1.165) is 47.5 Å². The van der Waals surface area contributed by atoms with Crippen LogP contribution in [0.2, 0.25) is 0 Å². The Hall–Kier alpha value is -3.07. The minimum Gasteiger partial charge on any atom is -0.288 e. The van der Waals surface area contributed by atoms with Crippen molar-refractivity contribution in [2.45, 2.75) is 51.4 Å². The van der Waals surface area contributed by atoms with Gasteiger partial charge in [0.25, 0.3) is 0 Å². The van der Waals surface area contributed by atoms with Gasteiger partial charge in [0.15, 0.2) is 5.78 Å². The minimum absolute atomic E-state index is 0.00533. The Morgan fingerprint density at radius 3 is 1.60 bits per heavy atom. The SMILES string of the molecule is O=C(c1cnc2c3c(ccc2c1)CCCC3)c1cnc2c3c(ccc2c1)CCCC3. The second kappa shape index (κ2) is 7.02. The van der Waals surface area contributed by atoms with Crippen LogP contribution in [0.3, 0.4) is 0 Å². The second-order valence-corrected chi connectivity index (χ2v) is 8.74. The van der Waals surface area contributed by atoms with Gasteiger partial charge >= 0.3 is 0 Å². The van der Waals surface area contributed by atoms with E-state index in [1.54, 1.807) is 12.4 Å². The van der Waals surface area contributed by atoms with Gasteiger partial charge in [-0.2, -0.15) is 0 Å². The van der Waals surface area contributed by atoms with Crippen LogP contribution in [0.25, 0.3) is 21.8 Å². The zero-order chi connectivity index (χ0) is 20.1. The molecule has 3 nitrogen and oxygen atoms in total. The van der Waals surface area contributed by atoms with E-state index in [4.69, 9.17) is 9.97 Å². The molecular formula is C27H24N2O. The van der Waals surface area contributed by atoms with Crippen LogP contribution in [-0.2, 0) is 25.7 Å². The number of aryl methyl sites for hydroxylation is 4. The molecule has 148 valence electrons. The minimum atomic E-state index is -0.00533. The highest BCUT2D eigenvalue weighted by atomic mass is 16.1. The normalized spacial score (nSPS) is 15.7. The van der Waals surface area contributed by atoms with Gasteiger partial charge in [0.1, 0.15) is 0 Å². The van der Waals surface area contributed by atoms with Crippen molar-refractivity contribution in [1.29, 1.82) is 0 Å². The van der Waals surface area contributed by atoms with E-state index in [-0.39, 0.29) is 5.78 Å². The van der Waals surface area contributed by atoms with Crippen LogP contribution in [0.1, 0.15) is 63.9 Å². The average Bonchev–Trinajstić information content (AvgIpc) is 2.82. The standard InChI is InChI=1S/C27H24N2O/c30-27(21-13-19-11-9-17-5-1-3-7-23(17)25(19)28-15-21)22-14-20-12-10-18-6-2-4-8-24(18)26(20)29-16-22/h9-16H,1-8H2. The molecule has 2 heterocycles. The predicted molar refractivity (Wildman–Crippen MR) is 120 cm³/mol. The molecule has 0 aliphatic heterocycles. The van der Waals surface area contributed by atoms with E-state index in [0.29, 0.717) is 11.1 Å². The maximum Gasteiger partial charge on any atom is 0.196 e. The van der Waals surface area contributed by atoms with Crippen LogP contribution in [0.5, 0.6) is 0 Å². The number of carbonyl (C=O) groups excluding carboxylic acids is 1. The molecule has 4 aromatic rings. The van der Waals surface area contributed by atoms with Gasteiger partial charge in [0.05, 0.1) is 11.0 Å². The molecule has 0 amide bonds. The van der Waals surface area contributed by atoms with E-state index >= 15 is 0 Å². The molecule has 0 N–H and O–H groups in total. The number of pyridine rings is 2. The number of benzene rings is 2. The van der Waals surface area contributed by atoms with Gasteiger partial charge in [-0.25, -0.2) is 0 Å². The van der Waals surface area contributed by atoms with Crippen LogP contribution >= 0.6 is 0 Å². The van der Waals surface area contributed by atoms with Gasteiger partial charge in [0, 0.05) is 34.3 Å². The molecule has 0 spiro atoms. The Bertz CT molecular complexity index is 1220. The Labute approximate surface area is 176 Å². The summed E-state index contributed by atoms with van der Waals surface area (Å²) in [6.07, 6.45) is 12.9. The molecule has 0 saturated heterocycles. The third-order valence-electron chi connectivity index (χ3n) is 6.88. The van der Waals surface area contributed by atoms with Gasteiger partial charge < -0.3 is 0 Å². The number of nitrogens with zero attached hydrogens (tertiary/aromatic N) is 2. The number of carbonyl (C=O) groups is 1. The summed E-state index contributed by atoms with van der Waals surface area (Å²) in [6.45, 7) is 0. The Morgan fingerprint density at radius 2 is 1.10 bits per heavy atom. The summed E-state index contributed by atoms with van der Waals surface area (Å²) in [7, 11) is 0. The topological polar surface area (TPSA) is 42.9 Å². The lowest BCUT2D eigenvalue weighted by molar-refractivity contribution is 0.103. The summed E-state index contributed by atoms with van der Waals surface area (Å²) in [5.41, 5.74) is 8.98. The molecule has 2 aliphatic rings. The molecule has 0 atom stereocenters. The summed E-state index contributed by atoms with van der Waals surface area (Å²) in [6, 6.07) is 12.7. The van der Waals surface area contributed by atoms with E-state index < -0.39 is 0 Å². The fourth-order valence-corrected chi connectivity index (χ4v) is 5.28. The summed E-state index contributed by atoms with van der Waals surface area (Å²) < 4.78 is 0. The summed E-state index contributed by atoms with van der Waals surface area (Å²) in [4.78, 5) is 22.7.